The molecule has 0 N–H and O–H groups in total. The number of carbonyl (C=O) groups is 1. The fourth-order valence-corrected chi connectivity index (χ4v) is 3.72. The van der Waals surface area contributed by atoms with Crippen molar-refractivity contribution >= 4 is 5.97 Å². The summed E-state index contributed by atoms with van der Waals surface area (Å²) < 4.78 is 5.52. The number of esters is 1. The molecule has 0 spiro atoms. The third-order valence-electron chi connectivity index (χ3n) is 4.42. The number of rotatable bonds is 1. The van der Waals surface area contributed by atoms with Gasteiger partial charge >= 0.3 is 5.97 Å². The van der Waals surface area contributed by atoms with Crippen molar-refractivity contribution in [3.05, 3.63) is 0 Å². The van der Waals surface area contributed by atoms with Gasteiger partial charge in [-0.05, 0) is 25.2 Å². The summed E-state index contributed by atoms with van der Waals surface area (Å²) in [6.07, 6.45) is 3.89. The summed E-state index contributed by atoms with van der Waals surface area (Å²) in [5.74, 6) is 0.619. The third-order valence-corrected chi connectivity index (χ3v) is 4.42. The summed E-state index contributed by atoms with van der Waals surface area (Å²) in [5.41, 5.74) is 0.429. The maximum atomic E-state index is 11.1. The quantitative estimate of drug-likeness (QED) is 0.603. The van der Waals surface area contributed by atoms with Crippen molar-refractivity contribution in [3.63, 3.8) is 0 Å². The molecule has 14 heavy (non-hydrogen) atoms. The van der Waals surface area contributed by atoms with Crippen LogP contribution in [0.15, 0.2) is 0 Å². The summed E-state index contributed by atoms with van der Waals surface area (Å²) in [5, 5.41) is 0. The van der Waals surface area contributed by atoms with Crippen LogP contribution in [0.3, 0.4) is 0 Å². The molecule has 2 fully saturated rings. The van der Waals surface area contributed by atoms with Crippen LogP contribution in [0.2, 0.25) is 0 Å². The van der Waals surface area contributed by atoms with Crippen molar-refractivity contribution in [2.75, 3.05) is 0 Å². The molecule has 0 heterocycles. The van der Waals surface area contributed by atoms with Gasteiger partial charge in [-0.2, -0.15) is 0 Å². The summed E-state index contributed by atoms with van der Waals surface area (Å²) in [7, 11) is 0. The third kappa shape index (κ3) is 1.19. The van der Waals surface area contributed by atoms with E-state index in [9.17, 15) is 4.79 Å². The lowest BCUT2D eigenvalue weighted by molar-refractivity contribution is -0.161. The summed E-state index contributed by atoms with van der Waals surface area (Å²) in [6.45, 7) is 8.28. The molecule has 80 valence electrons. The Kier molecular flexibility index (Phi) is 1.96. The van der Waals surface area contributed by atoms with Crippen LogP contribution in [0, 0.1) is 16.7 Å². The van der Waals surface area contributed by atoms with Gasteiger partial charge in [0.15, 0.2) is 0 Å². The molecule has 0 radical (unpaired) electrons. The SMILES string of the molecule is CC(=O)O[C@@H]1C(C)(C)[C@@H]2CC[C@@]1(C)C2. The highest BCUT2D eigenvalue weighted by Crippen LogP contribution is 2.63. The van der Waals surface area contributed by atoms with E-state index in [4.69, 9.17) is 4.74 Å². The van der Waals surface area contributed by atoms with Gasteiger partial charge in [0, 0.05) is 17.8 Å². The Morgan fingerprint density at radius 3 is 2.43 bits per heavy atom. The van der Waals surface area contributed by atoms with Gasteiger partial charge in [-0.15, -0.1) is 0 Å². The van der Waals surface area contributed by atoms with Crippen LogP contribution >= 0.6 is 0 Å². The molecule has 2 rings (SSSR count). The van der Waals surface area contributed by atoms with Gasteiger partial charge in [0.25, 0.3) is 0 Å². The molecule has 0 aromatic heterocycles. The molecule has 3 atom stereocenters. The highest BCUT2D eigenvalue weighted by atomic mass is 16.5. The fraction of sp³-hybridized carbons (Fsp3) is 0.917. The van der Waals surface area contributed by atoms with Crippen molar-refractivity contribution in [1.82, 2.24) is 0 Å². The second-order valence-electron chi connectivity index (χ2n) is 5.90. The average Bonchev–Trinajstić information content (AvgIpc) is 2.49. The summed E-state index contributed by atoms with van der Waals surface area (Å²) in [4.78, 5) is 11.1. The Hall–Kier alpha value is -0.530. The maximum Gasteiger partial charge on any atom is 0.302 e. The molecule has 0 amide bonds. The molecule has 2 aliphatic carbocycles. The molecule has 2 bridgehead atoms. The van der Waals surface area contributed by atoms with Crippen molar-refractivity contribution in [2.24, 2.45) is 16.7 Å². The van der Waals surface area contributed by atoms with Crippen molar-refractivity contribution in [1.29, 1.82) is 0 Å². The van der Waals surface area contributed by atoms with Crippen LogP contribution in [0.25, 0.3) is 0 Å². The van der Waals surface area contributed by atoms with Crippen LogP contribution in [-0.2, 0) is 9.53 Å². The van der Waals surface area contributed by atoms with Crippen LogP contribution in [0.1, 0.15) is 47.0 Å². The molecule has 0 aromatic rings. The highest BCUT2D eigenvalue weighted by Gasteiger charge is 2.61. The van der Waals surface area contributed by atoms with E-state index in [1.807, 2.05) is 0 Å². The average molecular weight is 196 g/mol. The Labute approximate surface area is 86.0 Å². The lowest BCUT2D eigenvalue weighted by Crippen LogP contribution is -2.43. The maximum absolute atomic E-state index is 11.1. The molecule has 2 aliphatic rings. The van der Waals surface area contributed by atoms with Crippen molar-refractivity contribution in [3.8, 4) is 0 Å². The molecular weight excluding hydrogens is 176 g/mol. The number of carbonyl (C=O) groups excluding carboxylic acids is 1. The van der Waals surface area contributed by atoms with E-state index in [0.717, 1.165) is 5.92 Å². The molecule has 0 saturated heterocycles. The highest BCUT2D eigenvalue weighted by molar-refractivity contribution is 5.66. The van der Waals surface area contributed by atoms with Crippen molar-refractivity contribution < 1.29 is 9.53 Å². The minimum atomic E-state index is -0.128. The molecule has 0 aliphatic heterocycles. The predicted octanol–water partition coefficient (Wildman–Crippen LogP) is 2.76. The first-order valence-corrected chi connectivity index (χ1v) is 5.53. The van der Waals surface area contributed by atoms with Gasteiger partial charge in [-0.3, -0.25) is 4.79 Å². The van der Waals surface area contributed by atoms with Gasteiger partial charge in [0.05, 0.1) is 0 Å². The number of hydrogen-bond acceptors (Lipinski definition) is 2. The van der Waals surface area contributed by atoms with Gasteiger partial charge < -0.3 is 4.74 Å². The monoisotopic (exact) mass is 196 g/mol. The zero-order valence-corrected chi connectivity index (χ0v) is 9.59. The van der Waals surface area contributed by atoms with Gasteiger partial charge in [-0.25, -0.2) is 0 Å². The first-order chi connectivity index (χ1) is 6.36. The van der Waals surface area contributed by atoms with Gasteiger partial charge in [-0.1, -0.05) is 20.8 Å². The van der Waals surface area contributed by atoms with Crippen LogP contribution in [0.5, 0.6) is 0 Å². The zero-order chi connectivity index (χ0) is 10.6. The summed E-state index contributed by atoms with van der Waals surface area (Å²) in [6, 6.07) is 0. The molecular formula is C12H20O2. The van der Waals surface area contributed by atoms with E-state index in [1.165, 1.54) is 26.2 Å². The normalized spacial score (nSPS) is 44.0. The minimum absolute atomic E-state index is 0.128. The van der Waals surface area contributed by atoms with E-state index < -0.39 is 0 Å². The molecule has 2 heteroatoms. The van der Waals surface area contributed by atoms with Crippen LogP contribution in [-0.4, -0.2) is 12.1 Å². The molecule has 2 saturated carbocycles. The summed E-state index contributed by atoms with van der Waals surface area (Å²) >= 11 is 0. The predicted molar refractivity (Wildman–Crippen MR) is 54.8 cm³/mol. The van der Waals surface area contributed by atoms with E-state index in [-0.39, 0.29) is 22.9 Å². The minimum Gasteiger partial charge on any atom is -0.461 e. The van der Waals surface area contributed by atoms with E-state index in [0.29, 0.717) is 0 Å². The molecule has 0 aromatic carbocycles. The second kappa shape index (κ2) is 2.74. The first-order valence-electron chi connectivity index (χ1n) is 5.53. The lowest BCUT2D eigenvalue weighted by atomic mass is 9.70. The zero-order valence-electron chi connectivity index (χ0n) is 9.59. The number of fused-ring (bicyclic) bond motifs is 2. The second-order valence-corrected chi connectivity index (χ2v) is 5.90. The van der Waals surface area contributed by atoms with Gasteiger partial charge in [0.1, 0.15) is 6.10 Å². The van der Waals surface area contributed by atoms with E-state index in [2.05, 4.69) is 20.8 Å². The Morgan fingerprint density at radius 1 is 1.36 bits per heavy atom. The molecule has 2 nitrogen and oxygen atoms in total. The number of hydrogen-bond donors (Lipinski definition) is 0. The fourth-order valence-electron chi connectivity index (χ4n) is 3.72. The Morgan fingerprint density at radius 2 is 2.00 bits per heavy atom. The standard InChI is InChI=1S/C12H20O2/c1-8(13)14-10-11(2,3)9-5-6-12(10,4)7-9/h9-10H,5-7H2,1-4H3/t9-,10-,12+/m1/s1. The van der Waals surface area contributed by atoms with Crippen LogP contribution in [0.4, 0.5) is 0 Å². The Balaban J connectivity index is 2.25. The first kappa shape index (κ1) is 10.0. The van der Waals surface area contributed by atoms with Gasteiger partial charge in [0.2, 0.25) is 0 Å². The topological polar surface area (TPSA) is 26.3 Å². The van der Waals surface area contributed by atoms with E-state index in [1.54, 1.807) is 0 Å². The smallest absolute Gasteiger partial charge is 0.302 e. The van der Waals surface area contributed by atoms with E-state index >= 15 is 0 Å². The Bertz CT molecular complexity index is 265. The number of ether oxygens (including phenoxy) is 1. The van der Waals surface area contributed by atoms with Crippen LogP contribution < -0.4 is 0 Å². The molecule has 0 unspecified atom stereocenters. The lowest BCUT2D eigenvalue weighted by Gasteiger charge is -2.41. The van der Waals surface area contributed by atoms with Crippen molar-refractivity contribution in [2.45, 2.75) is 53.1 Å². The largest absolute Gasteiger partial charge is 0.461 e.